The number of hydrogen-bond donors (Lipinski definition) is 1. The van der Waals surface area contributed by atoms with Crippen molar-refractivity contribution in [3.05, 3.63) is 28.2 Å². The highest BCUT2D eigenvalue weighted by Gasteiger charge is 2.35. The van der Waals surface area contributed by atoms with Gasteiger partial charge < -0.3 is 5.73 Å². The van der Waals surface area contributed by atoms with Gasteiger partial charge in [-0.1, -0.05) is 19.9 Å². The Morgan fingerprint density at radius 3 is 2.70 bits per heavy atom. The number of halogens is 1. The van der Waals surface area contributed by atoms with Crippen molar-refractivity contribution in [2.24, 2.45) is 11.1 Å². The topological polar surface area (TPSA) is 63.4 Å². The molecule has 1 saturated heterocycles. The van der Waals surface area contributed by atoms with Crippen molar-refractivity contribution in [1.82, 2.24) is 4.31 Å². The van der Waals surface area contributed by atoms with Crippen molar-refractivity contribution < 1.29 is 8.42 Å². The molecule has 1 fully saturated rings. The molecular weight excluding hydrogens is 340 g/mol. The van der Waals surface area contributed by atoms with E-state index in [4.69, 9.17) is 5.73 Å². The Morgan fingerprint density at radius 1 is 1.40 bits per heavy atom. The lowest BCUT2D eigenvalue weighted by Gasteiger charge is -2.37. The summed E-state index contributed by atoms with van der Waals surface area (Å²) in [5.41, 5.74) is 6.46. The Kier molecular flexibility index (Phi) is 4.59. The normalized spacial score (nSPS) is 20.0. The molecule has 1 heterocycles. The number of sulfonamides is 1. The van der Waals surface area contributed by atoms with E-state index in [1.165, 1.54) is 0 Å². The number of nitrogens with zero attached hydrogens (tertiary/aromatic N) is 1. The van der Waals surface area contributed by atoms with E-state index >= 15 is 0 Å². The summed E-state index contributed by atoms with van der Waals surface area (Å²) < 4.78 is 27.8. The van der Waals surface area contributed by atoms with Crippen LogP contribution >= 0.6 is 15.9 Å². The minimum absolute atomic E-state index is 0.0310. The van der Waals surface area contributed by atoms with Crippen LogP contribution in [0, 0.1) is 5.41 Å². The number of hydrogen-bond acceptors (Lipinski definition) is 3. The van der Waals surface area contributed by atoms with E-state index in [-0.39, 0.29) is 5.41 Å². The third-order valence-corrected chi connectivity index (χ3v) is 6.55. The molecule has 0 spiro atoms. The zero-order valence-electron chi connectivity index (χ0n) is 11.9. The molecule has 1 aromatic carbocycles. The summed E-state index contributed by atoms with van der Waals surface area (Å²) in [6.45, 7) is 5.71. The van der Waals surface area contributed by atoms with Gasteiger partial charge in [0, 0.05) is 24.1 Å². The van der Waals surface area contributed by atoms with E-state index in [9.17, 15) is 8.42 Å². The zero-order chi connectivity index (χ0) is 15.0. The van der Waals surface area contributed by atoms with Gasteiger partial charge in [-0.25, -0.2) is 8.42 Å². The van der Waals surface area contributed by atoms with Crippen LogP contribution in [0.2, 0.25) is 0 Å². The average molecular weight is 361 g/mol. The molecule has 0 aliphatic carbocycles. The minimum Gasteiger partial charge on any atom is -0.326 e. The number of benzene rings is 1. The van der Waals surface area contributed by atoms with Crippen LogP contribution in [0.15, 0.2) is 27.6 Å². The summed E-state index contributed by atoms with van der Waals surface area (Å²) in [5, 5.41) is 0. The molecular formula is C14H21BrN2O2S. The van der Waals surface area contributed by atoms with Crippen LogP contribution < -0.4 is 5.73 Å². The molecule has 2 rings (SSSR count). The van der Waals surface area contributed by atoms with Gasteiger partial charge in [-0.05, 0) is 51.9 Å². The second-order valence-electron chi connectivity index (χ2n) is 6.08. The molecule has 1 aliphatic heterocycles. The lowest BCUT2D eigenvalue weighted by Crippen LogP contribution is -2.43. The molecule has 0 atom stereocenters. The quantitative estimate of drug-likeness (QED) is 0.900. The Morgan fingerprint density at radius 2 is 2.10 bits per heavy atom. The summed E-state index contributed by atoms with van der Waals surface area (Å²) in [4.78, 5) is 0.318. The monoisotopic (exact) mass is 360 g/mol. The SMILES string of the molecule is CC1(C)CCCN(S(=O)(=O)c2cc(CN)ccc2Br)C1. The van der Waals surface area contributed by atoms with Gasteiger partial charge >= 0.3 is 0 Å². The summed E-state index contributed by atoms with van der Waals surface area (Å²) >= 11 is 3.34. The van der Waals surface area contributed by atoms with Crippen molar-refractivity contribution in [1.29, 1.82) is 0 Å². The van der Waals surface area contributed by atoms with E-state index in [1.807, 2.05) is 6.07 Å². The van der Waals surface area contributed by atoms with Crippen LogP contribution in [0.4, 0.5) is 0 Å². The average Bonchev–Trinajstić information content (AvgIpc) is 2.38. The molecule has 20 heavy (non-hydrogen) atoms. The first-order valence-corrected chi connectivity index (χ1v) is 8.98. The standard InChI is InChI=1S/C14H21BrN2O2S/c1-14(2)6-3-7-17(10-14)20(18,19)13-8-11(9-16)4-5-12(13)15/h4-5,8H,3,6-7,9-10,16H2,1-2H3. The van der Waals surface area contributed by atoms with Gasteiger partial charge in [0.05, 0.1) is 4.90 Å². The zero-order valence-corrected chi connectivity index (χ0v) is 14.3. The van der Waals surface area contributed by atoms with Gasteiger partial charge in [-0.15, -0.1) is 0 Å². The lowest BCUT2D eigenvalue weighted by molar-refractivity contribution is 0.187. The van der Waals surface area contributed by atoms with Crippen LogP contribution in [0.3, 0.4) is 0 Å². The summed E-state index contributed by atoms with van der Waals surface area (Å²) in [5.74, 6) is 0. The highest BCUT2D eigenvalue weighted by atomic mass is 79.9. The second kappa shape index (κ2) is 5.75. The van der Waals surface area contributed by atoms with E-state index < -0.39 is 10.0 Å². The van der Waals surface area contributed by atoms with Gasteiger partial charge in [0.1, 0.15) is 0 Å². The third kappa shape index (κ3) is 3.24. The molecule has 0 saturated carbocycles. The van der Waals surface area contributed by atoms with E-state index in [1.54, 1.807) is 16.4 Å². The van der Waals surface area contributed by atoms with Gasteiger partial charge in [0.2, 0.25) is 10.0 Å². The van der Waals surface area contributed by atoms with Crippen LogP contribution in [-0.2, 0) is 16.6 Å². The van der Waals surface area contributed by atoms with E-state index in [2.05, 4.69) is 29.8 Å². The Bertz CT molecular complexity index is 599. The Hall–Kier alpha value is -0.430. The van der Waals surface area contributed by atoms with Crippen molar-refractivity contribution in [2.75, 3.05) is 13.1 Å². The first-order chi connectivity index (χ1) is 9.26. The van der Waals surface area contributed by atoms with Crippen LogP contribution in [-0.4, -0.2) is 25.8 Å². The molecule has 0 radical (unpaired) electrons. The van der Waals surface area contributed by atoms with Crippen molar-refractivity contribution in [2.45, 2.75) is 38.1 Å². The predicted molar refractivity (Wildman–Crippen MR) is 83.8 cm³/mol. The van der Waals surface area contributed by atoms with Crippen molar-refractivity contribution >= 4 is 26.0 Å². The van der Waals surface area contributed by atoms with Gasteiger partial charge in [-0.2, -0.15) is 4.31 Å². The fourth-order valence-corrected chi connectivity index (χ4v) is 5.23. The molecule has 112 valence electrons. The molecule has 1 aromatic rings. The van der Waals surface area contributed by atoms with Crippen LogP contribution in [0.1, 0.15) is 32.3 Å². The fourth-order valence-electron chi connectivity index (χ4n) is 2.59. The van der Waals surface area contributed by atoms with Gasteiger partial charge in [0.25, 0.3) is 0 Å². The van der Waals surface area contributed by atoms with Gasteiger partial charge in [-0.3, -0.25) is 0 Å². The minimum atomic E-state index is -3.47. The summed E-state index contributed by atoms with van der Waals surface area (Å²) in [7, 11) is -3.47. The highest BCUT2D eigenvalue weighted by Crippen LogP contribution is 2.34. The smallest absolute Gasteiger partial charge is 0.244 e. The fraction of sp³-hybridized carbons (Fsp3) is 0.571. The second-order valence-corrected chi connectivity index (χ2v) is 8.84. The predicted octanol–water partition coefficient (Wildman–Crippen LogP) is 2.72. The summed E-state index contributed by atoms with van der Waals surface area (Å²) in [6.07, 6.45) is 1.96. The van der Waals surface area contributed by atoms with E-state index in [0.29, 0.717) is 29.0 Å². The summed E-state index contributed by atoms with van der Waals surface area (Å²) in [6, 6.07) is 5.26. The highest BCUT2D eigenvalue weighted by molar-refractivity contribution is 9.10. The number of nitrogens with two attached hydrogens (primary N) is 1. The molecule has 0 bridgehead atoms. The van der Waals surface area contributed by atoms with Crippen LogP contribution in [0.25, 0.3) is 0 Å². The van der Waals surface area contributed by atoms with Crippen molar-refractivity contribution in [3.63, 3.8) is 0 Å². The maximum Gasteiger partial charge on any atom is 0.244 e. The molecule has 1 aliphatic rings. The Labute approximate surface area is 129 Å². The first kappa shape index (κ1) is 15.9. The number of rotatable bonds is 3. The van der Waals surface area contributed by atoms with Crippen LogP contribution in [0.5, 0.6) is 0 Å². The molecule has 2 N–H and O–H groups in total. The Balaban J connectivity index is 2.40. The number of piperidine rings is 1. The lowest BCUT2D eigenvalue weighted by atomic mass is 9.85. The maximum atomic E-state index is 12.8. The molecule has 4 nitrogen and oxygen atoms in total. The third-order valence-electron chi connectivity index (χ3n) is 3.71. The molecule has 0 amide bonds. The molecule has 6 heteroatoms. The molecule has 0 unspecified atom stereocenters. The molecule has 0 aromatic heterocycles. The largest absolute Gasteiger partial charge is 0.326 e. The van der Waals surface area contributed by atoms with Gasteiger partial charge in [0.15, 0.2) is 0 Å². The first-order valence-electron chi connectivity index (χ1n) is 6.75. The van der Waals surface area contributed by atoms with Crippen molar-refractivity contribution in [3.8, 4) is 0 Å². The van der Waals surface area contributed by atoms with E-state index in [0.717, 1.165) is 18.4 Å². The maximum absolute atomic E-state index is 12.8.